The number of benzene rings is 3. The lowest BCUT2D eigenvalue weighted by molar-refractivity contribution is -0.133. The van der Waals surface area contributed by atoms with E-state index < -0.39 is 17.0 Å². The molecule has 0 saturated heterocycles. The van der Waals surface area contributed by atoms with Crippen molar-refractivity contribution in [3.63, 3.8) is 0 Å². The van der Waals surface area contributed by atoms with Gasteiger partial charge in [-0.2, -0.15) is 5.26 Å². The second-order valence-corrected chi connectivity index (χ2v) is 9.72. The van der Waals surface area contributed by atoms with Crippen molar-refractivity contribution in [3.05, 3.63) is 88.2 Å². The number of halogens is 2. The summed E-state index contributed by atoms with van der Waals surface area (Å²) >= 11 is 6.08. The van der Waals surface area contributed by atoms with Crippen LogP contribution in [-0.2, 0) is 16.8 Å². The molecule has 0 fully saturated rings. The maximum Gasteiger partial charge on any atom is 0.261 e. The van der Waals surface area contributed by atoms with E-state index in [9.17, 15) is 14.4 Å². The first-order valence-electron chi connectivity index (χ1n) is 11.0. The molecule has 8 heteroatoms. The van der Waals surface area contributed by atoms with Crippen LogP contribution >= 0.6 is 11.6 Å². The van der Waals surface area contributed by atoms with E-state index in [0.29, 0.717) is 34.4 Å². The van der Waals surface area contributed by atoms with E-state index in [2.05, 4.69) is 11.1 Å². The lowest BCUT2D eigenvalue weighted by Crippen LogP contribution is -2.51. The largest absolute Gasteiger partial charge is 0.487 e. The Hall–Kier alpha value is -3.89. The van der Waals surface area contributed by atoms with Crippen LogP contribution in [0.2, 0.25) is 5.02 Å². The number of hydrogen-bond acceptors (Lipinski definition) is 5. The van der Waals surface area contributed by atoms with Gasteiger partial charge in [0.05, 0.1) is 11.6 Å². The normalized spacial score (nSPS) is 23.0. The van der Waals surface area contributed by atoms with E-state index in [1.54, 1.807) is 37.4 Å². The smallest absolute Gasteiger partial charge is 0.261 e. The van der Waals surface area contributed by atoms with E-state index in [0.717, 1.165) is 5.56 Å². The summed E-state index contributed by atoms with van der Waals surface area (Å²) in [7, 11) is 1.59. The summed E-state index contributed by atoms with van der Waals surface area (Å²) in [6.45, 7) is 1.92. The highest BCUT2D eigenvalue weighted by Crippen LogP contribution is 2.50. The zero-order chi connectivity index (χ0) is 25.0. The minimum atomic E-state index is -1.29. The van der Waals surface area contributed by atoms with Crippen LogP contribution in [0.25, 0.3) is 11.1 Å². The van der Waals surface area contributed by atoms with Crippen molar-refractivity contribution < 1.29 is 13.9 Å². The minimum absolute atomic E-state index is 0.121. The summed E-state index contributed by atoms with van der Waals surface area (Å²) < 4.78 is 20.5. The average molecular weight is 489 g/mol. The number of hydrogen-bond donors (Lipinski definition) is 1. The fourth-order valence-corrected chi connectivity index (χ4v) is 5.27. The van der Waals surface area contributed by atoms with Gasteiger partial charge in [-0.25, -0.2) is 9.38 Å². The summed E-state index contributed by atoms with van der Waals surface area (Å²) in [5.74, 6) is -0.0919. The van der Waals surface area contributed by atoms with Crippen molar-refractivity contribution in [1.82, 2.24) is 4.90 Å². The van der Waals surface area contributed by atoms with E-state index in [-0.39, 0.29) is 23.3 Å². The Kier molecular flexibility index (Phi) is 5.30. The summed E-state index contributed by atoms with van der Waals surface area (Å²) in [6.07, 6.45) is 0.693. The number of carbonyl (C=O) groups excluding carboxylic acids is 1. The van der Waals surface area contributed by atoms with E-state index in [4.69, 9.17) is 22.1 Å². The molecule has 3 aromatic rings. The number of nitrogens with zero attached hydrogens (tertiary/aromatic N) is 3. The molecular formula is C27H22ClFN4O2. The van der Waals surface area contributed by atoms with Gasteiger partial charge < -0.3 is 10.5 Å². The Morgan fingerprint density at radius 1 is 1.20 bits per heavy atom. The molecule has 6 nitrogen and oxygen atoms in total. The Bertz CT molecular complexity index is 1430. The Morgan fingerprint density at radius 3 is 2.69 bits per heavy atom. The zero-order valence-electron chi connectivity index (χ0n) is 19.2. The van der Waals surface area contributed by atoms with E-state index in [1.165, 1.54) is 17.0 Å². The first kappa shape index (κ1) is 22.9. The maximum absolute atomic E-state index is 14.0. The summed E-state index contributed by atoms with van der Waals surface area (Å²) in [5.41, 5.74) is 7.28. The number of nitrogens with two attached hydrogens (primary N) is 1. The van der Waals surface area contributed by atoms with E-state index >= 15 is 0 Å². The van der Waals surface area contributed by atoms with Crippen LogP contribution in [0.3, 0.4) is 0 Å². The molecule has 0 saturated carbocycles. The summed E-state index contributed by atoms with van der Waals surface area (Å²) in [5, 5.41) is 9.56. The van der Waals surface area contributed by atoms with Crippen molar-refractivity contribution in [2.75, 3.05) is 7.05 Å². The SMILES string of the molecule is CN1C(=O)C2(CC(C)(Cc3cccc(C#N)c3)Oc3ccc(-c4cc(F)cc(Cl)c4)cc32)N=C1N. The third-order valence-electron chi connectivity index (χ3n) is 6.55. The number of rotatable bonds is 3. The highest BCUT2D eigenvalue weighted by molar-refractivity contribution is 6.30. The van der Waals surface area contributed by atoms with Gasteiger partial charge in [-0.3, -0.25) is 9.69 Å². The minimum Gasteiger partial charge on any atom is -0.487 e. The number of aliphatic imine (C=N–C) groups is 1. The molecule has 0 bridgehead atoms. The lowest BCUT2D eigenvalue weighted by Gasteiger charge is -2.43. The van der Waals surface area contributed by atoms with Gasteiger partial charge in [0.2, 0.25) is 0 Å². The number of guanidine groups is 1. The molecule has 2 unspecified atom stereocenters. The van der Waals surface area contributed by atoms with Gasteiger partial charge in [0.1, 0.15) is 17.2 Å². The second-order valence-electron chi connectivity index (χ2n) is 9.28. The van der Waals surface area contributed by atoms with Gasteiger partial charge >= 0.3 is 0 Å². The number of nitriles is 1. The van der Waals surface area contributed by atoms with Crippen molar-refractivity contribution >= 4 is 23.5 Å². The average Bonchev–Trinajstić information content (AvgIpc) is 3.01. The predicted octanol–water partition coefficient (Wildman–Crippen LogP) is 4.78. The molecule has 0 aliphatic carbocycles. The number of ether oxygens (including phenoxy) is 1. The molecule has 2 atom stereocenters. The predicted molar refractivity (Wildman–Crippen MR) is 131 cm³/mol. The van der Waals surface area contributed by atoms with Crippen molar-refractivity contribution in [1.29, 1.82) is 5.26 Å². The van der Waals surface area contributed by atoms with Crippen LogP contribution < -0.4 is 10.5 Å². The number of amides is 1. The first-order valence-corrected chi connectivity index (χ1v) is 11.4. The molecule has 1 amide bonds. The molecule has 35 heavy (non-hydrogen) atoms. The summed E-state index contributed by atoms with van der Waals surface area (Å²) in [4.78, 5) is 19.6. The maximum atomic E-state index is 14.0. The molecule has 176 valence electrons. The van der Waals surface area contributed by atoms with Crippen LogP contribution in [0, 0.1) is 17.1 Å². The standard InChI is InChI=1S/C27H22ClFN4O2/c1-26(13-16-4-3-5-17(8-16)14-30)15-27(24(34)33(2)25(31)32-27)22-11-18(6-7-23(22)35-26)19-9-20(28)12-21(29)10-19/h3-12H,13,15H2,1-2H3,(H2,31,32). The fraction of sp³-hybridized carbons (Fsp3) is 0.222. The molecule has 2 aliphatic rings. The Labute approximate surface area is 207 Å². The molecule has 3 aromatic carbocycles. The van der Waals surface area contributed by atoms with Gasteiger partial charge in [-0.15, -0.1) is 0 Å². The second kappa shape index (κ2) is 8.10. The van der Waals surface area contributed by atoms with Crippen molar-refractivity contribution in [2.24, 2.45) is 10.7 Å². The molecule has 2 N–H and O–H groups in total. The Morgan fingerprint density at radius 2 is 2.00 bits per heavy atom. The molecule has 2 heterocycles. The third-order valence-corrected chi connectivity index (χ3v) is 6.77. The van der Waals surface area contributed by atoms with Crippen molar-refractivity contribution in [3.8, 4) is 22.9 Å². The number of carbonyl (C=O) groups is 1. The molecule has 5 rings (SSSR count). The van der Waals surface area contributed by atoms with Gasteiger partial charge in [0.25, 0.3) is 5.91 Å². The van der Waals surface area contributed by atoms with E-state index in [1.807, 2.05) is 25.1 Å². The van der Waals surface area contributed by atoms with Gasteiger partial charge in [-0.05, 0) is 66.1 Å². The molecule has 0 radical (unpaired) electrons. The molecule has 2 aliphatic heterocycles. The van der Waals surface area contributed by atoms with Crippen LogP contribution in [-0.4, -0.2) is 29.4 Å². The van der Waals surface area contributed by atoms with Crippen LogP contribution in [0.4, 0.5) is 4.39 Å². The third kappa shape index (κ3) is 3.90. The van der Waals surface area contributed by atoms with Crippen LogP contribution in [0.15, 0.2) is 65.7 Å². The monoisotopic (exact) mass is 488 g/mol. The quantitative estimate of drug-likeness (QED) is 0.574. The fourth-order valence-electron chi connectivity index (χ4n) is 5.05. The zero-order valence-corrected chi connectivity index (χ0v) is 19.9. The first-order chi connectivity index (χ1) is 16.6. The van der Waals surface area contributed by atoms with Gasteiger partial charge in [0.15, 0.2) is 11.5 Å². The summed E-state index contributed by atoms with van der Waals surface area (Å²) in [6, 6.07) is 19.1. The Balaban J connectivity index is 1.64. The highest BCUT2D eigenvalue weighted by atomic mass is 35.5. The van der Waals surface area contributed by atoms with Gasteiger partial charge in [0, 0.05) is 30.5 Å². The molecular weight excluding hydrogens is 467 g/mol. The van der Waals surface area contributed by atoms with Crippen molar-refractivity contribution in [2.45, 2.75) is 30.9 Å². The number of fused-ring (bicyclic) bond motifs is 2. The lowest BCUT2D eigenvalue weighted by atomic mass is 9.74. The topological polar surface area (TPSA) is 91.7 Å². The van der Waals surface area contributed by atoms with Crippen LogP contribution in [0.5, 0.6) is 5.75 Å². The van der Waals surface area contributed by atoms with Gasteiger partial charge in [-0.1, -0.05) is 29.8 Å². The molecule has 1 spiro atoms. The van der Waals surface area contributed by atoms with Crippen LogP contribution in [0.1, 0.15) is 30.0 Å². The number of likely N-dealkylation sites (N-methyl/N-ethyl adjacent to an activating group) is 1. The molecule has 0 aromatic heterocycles. The highest BCUT2D eigenvalue weighted by Gasteiger charge is 2.56.